The lowest BCUT2D eigenvalue weighted by atomic mass is 10.3. The van der Waals surface area contributed by atoms with Crippen LogP contribution in [-0.2, 0) is 6.61 Å². The van der Waals surface area contributed by atoms with Gasteiger partial charge < -0.3 is 10.1 Å². The van der Waals surface area contributed by atoms with Crippen LogP contribution in [0.3, 0.4) is 0 Å². The van der Waals surface area contributed by atoms with Crippen LogP contribution in [0.4, 0.5) is 5.82 Å². The monoisotopic (exact) mass is 243 g/mol. The van der Waals surface area contributed by atoms with E-state index in [2.05, 4.69) is 22.2 Å². The van der Waals surface area contributed by atoms with E-state index in [4.69, 9.17) is 4.74 Å². The minimum Gasteiger partial charge on any atom is -0.486 e. The fourth-order valence-electron chi connectivity index (χ4n) is 1.48. The first kappa shape index (κ1) is 12.4. The van der Waals surface area contributed by atoms with Gasteiger partial charge >= 0.3 is 0 Å². The predicted molar refractivity (Wildman–Crippen MR) is 71.6 cm³/mol. The molecular formula is C14H17N3O. The highest BCUT2D eigenvalue weighted by molar-refractivity contribution is 5.32. The average Bonchev–Trinajstić information content (AvgIpc) is 2.44. The molecule has 0 aliphatic carbocycles. The van der Waals surface area contributed by atoms with Crippen molar-refractivity contribution in [1.82, 2.24) is 9.97 Å². The highest BCUT2D eigenvalue weighted by atomic mass is 16.5. The fourth-order valence-corrected chi connectivity index (χ4v) is 1.48. The summed E-state index contributed by atoms with van der Waals surface area (Å²) in [5.41, 5.74) is 0. The summed E-state index contributed by atoms with van der Waals surface area (Å²) in [7, 11) is 0. The molecular weight excluding hydrogens is 226 g/mol. The maximum atomic E-state index is 5.60. The largest absolute Gasteiger partial charge is 0.486 e. The molecule has 0 bridgehead atoms. The summed E-state index contributed by atoms with van der Waals surface area (Å²) < 4.78 is 5.60. The van der Waals surface area contributed by atoms with E-state index < -0.39 is 0 Å². The number of nitrogens with zero attached hydrogens (tertiary/aromatic N) is 2. The molecule has 18 heavy (non-hydrogen) atoms. The van der Waals surface area contributed by atoms with E-state index in [9.17, 15) is 0 Å². The topological polar surface area (TPSA) is 47.0 Å². The molecule has 0 radical (unpaired) electrons. The number of ether oxygens (including phenoxy) is 1. The van der Waals surface area contributed by atoms with Gasteiger partial charge in [-0.05, 0) is 24.6 Å². The van der Waals surface area contributed by atoms with Crippen LogP contribution in [0.1, 0.15) is 19.2 Å². The number of hydrogen-bond donors (Lipinski definition) is 1. The van der Waals surface area contributed by atoms with Crippen molar-refractivity contribution in [1.29, 1.82) is 0 Å². The Morgan fingerprint density at radius 2 is 2.00 bits per heavy atom. The molecule has 94 valence electrons. The molecule has 0 spiro atoms. The maximum Gasteiger partial charge on any atom is 0.168 e. The first-order valence-electron chi connectivity index (χ1n) is 6.12. The molecule has 4 nitrogen and oxygen atoms in total. The Bertz CT molecular complexity index is 473. The summed E-state index contributed by atoms with van der Waals surface area (Å²) in [6, 6.07) is 11.5. The van der Waals surface area contributed by atoms with Crippen LogP contribution < -0.4 is 10.1 Å². The van der Waals surface area contributed by atoms with Gasteiger partial charge in [0, 0.05) is 12.7 Å². The Morgan fingerprint density at radius 3 is 2.78 bits per heavy atom. The van der Waals surface area contributed by atoms with Crippen molar-refractivity contribution in [2.24, 2.45) is 0 Å². The maximum absolute atomic E-state index is 5.60. The Balaban J connectivity index is 1.93. The molecule has 1 aromatic carbocycles. The van der Waals surface area contributed by atoms with Crippen molar-refractivity contribution in [2.75, 3.05) is 11.9 Å². The Hall–Kier alpha value is -2.10. The molecule has 0 aliphatic heterocycles. The third kappa shape index (κ3) is 3.73. The van der Waals surface area contributed by atoms with Gasteiger partial charge in [0.05, 0.1) is 0 Å². The minimum absolute atomic E-state index is 0.381. The van der Waals surface area contributed by atoms with Crippen LogP contribution in [-0.4, -0.2) is 16.5 Å². The molecule has 0 amide bonds. The van der Waals surface area contributed by atoms with E-state index in [-0.39, 0.29) is 0 Å². The molecule has 2 aromatic rings. The molecule has 0 fully saturated rings. The second-order valence-corrected chi connectivity index (χ2v) is 3.89. The van der Waals surface area contributed by atoms with Crippen LogP contribution >= 0.6 is 0 Å². The quantitative estimate of drug-likeness (QED) is 0.847. The smallest absolute Gasteiger partial charge is 0.168 e. The van der Waals surface area contributed by atoms with Crippen LogP contribution in [0.2, 0.25) is 0 Å². The summed E-state index contributed by atoms with van der Waals surface area (Å²) >= 11 is 0. The van der Waals surface area contributed by atoms with E-state index in [1.807, 2.05) is 36.4 Å². The molecule has 4 heteroatoms. The van der Waals surface area contributed by atoms with Crippen molar-refractivity contribution in [3.63, 3.8) is 0 Å². The highest BCUT2D eigenvalue weighted by Gasteiger charge is 2.00. The fraction of sp³-hybridized carbons (Fsp3) is 0.286. The van der Waals surface area contributed by atoms with Gasteiger partial charge in [0.25, 0.3) is 0 Å². The number of anilines is 1. The zero-order valence-electron chi connectivity index (χ0n) is 10.5. The second-order valence-electron chi connectivity index (χ2n) is 3.89. The van der Waals surface area contributed by atoms with E-state index in [0.717, 1.165) is 24.5 Å². The molecule has 0 unspecified atom stereocenters. The van der Waals surface area contributed by atoms with Crippen molar-refractivity contribution >= 4 is 5.82 Å². The zero-order valence-corrected chi connectivity index (χ0v) is 10.5. The number of para-hydroxylation sites is 1. The molecule has 0 saturated carbocycles. The first-order valence-corrected chi connectivity index (χ1v) is 6.12. The van der Waals surface area contributed by atoms with Crippen LogP contribution in [0.25, 0.3) is 0 Å². The summed E-state index contributed by atoms with van der Waals surface area (Å²) in [6.45, 7) is 3.41. The number of nitrogens with one attached hydrogen (secondary N) is 1. The predicted octanol–water partition coefficient (Wildman–Crippen LogP) is 2.88. The highest BCUT2D eigenvalue weighted by Crippen LogP contribution is 2.10. The van der Waals surface area contributed by atoms with Gasteiger partial charge in [-0.1, -0.05) is 25.1 Å². The van der Waals surface area contributed by atoms with E-state index in [1.165, 1.54) is 0 Å². The number of rotatable bonds is 6. The lowest BCUT2D eigenvalue weighted by molar-refractivity contribution is 0.296. The summed E-state index contributed by atoms with van der Waals surface area (Å²) in [5.74, 6) is 2.35. The summed E-state index contributed by atoms with van der Waals surface area (Å²) in [4.78, 5) is 8.56. The van der Waals surface area contributed by atoms with Crippen LogP contribution in [0.15, 0.2) is 42.6 Å². The van der Waals surface area contributed by atoms with Gasteiger partial charge in [-0.3, -0.25) is 0 Å². The zero-order chi connectivity index (χ0) is 12.6. The SMILES string of the molecule is CCCNc1ccnc(COc2ccccc2)n1. The van der Waals surface area contributed by atoms with Gasteiger partial charge in [0.15, 0.2) is 5.82 Å². The second kappa shape index (κ2) is 6.59. The molecule has 0 saturated heterocycles. The lowest BCUT2D eigenvalue weighted by Crippen LogP contribution is -2.06. The Morgan fingerprint density at radius 1 is 1.17 bits per heavy atom. The molecule has 0 atom stereocenters. The van der Waals surface area contributed by atoms with Gasteiger partial charge in [-0.2, -0.15) is 0 Å². The standard InChI is InChI=1S/C14H17N3O/c1-2-9-15-13-8-10-16-14(17-13)11-18-12-6-4-3-5-7-12/h3-8,10H,2,9,11H2,1H3,(H,15,16,17). The van der Waals surface area contributed by atoms with Gasteiger partial charge in [-0.25, -0.2) is 9.97 Å². The normalized spacial score (nSPS) is 10.1. The molecule has 2 rings (SSSR count). The van der Waals surface area contributed by atoms with E-state index in [0.29, 0.717) is 12.4 Å². The van der Waals surface area contributed by atoms with Gasteiger partial charge in [0.1, 0.15) is 18.2 Å². The number of aromatic nitrogens is 2. The minimum atomic E-state index is 0.381. The van der Waals surface area contributed by atoms with Crippen molar-refractivity contribution < 1.29 is 4.74 Å². The number of hydrogen-bond acceptors (Lipinski definition) is 4. The Labute approximate surface area is 107 Å². The van der Waals surface area contributed by atoms with Gasteiger partial charge in [-0.15, -0.1) is 0 Å². The summed E-state index contributed by atoms with van der Waals surface area (Å²) in [6.07, 6.45) is 2.81. The summed E-state index contributed by atoms with van der Waals surface area (Å²) in [5, 5.41) is 3.23. The average molecular weight is 243 g/mol. The third-order valence-electron chi connectivity index (χ3n) is 2.37. The van der Waals surface area contributed by atoms with Crippen LogP contribution in [0, 0.1) is 0 Å². The van der Waals surface area contributed by atoms with E-state index in [1.54, 1.807) is 6.20 Å². The molecule has 1 heterocycles. The molecule has 1 aromatic heterocycles. The van der Waals surface area contributed by atoms with E-state index >= 15 is 0 Å². The molecule has 0 aliphatic rings. The van der Waals surface area contributed by atoms with Crippen molar-refractivity contribution in [3.05, 3.63) is 48.4 Å². The number of benzene rings is 1. The van der Waals surface area contributed by atoms with Crippen molar-refractivity contribution in [3.8, 4) is 5.75 Å². The lowest BCUT2D eigenvalue weighted by Gasteiger charge is -2.07. The van der Waals surface area contributed by atoms with Crippen LogP contribution in [0.5, 0.6) is 5.75 Å². The first-order chi connectivity index (χ1) is 8.88. The van der Waals surface area contributed by atoms with Crippen molar-refractivity contribution in [2.45, 2.75) is 20.0 Å². The Kier molecular flexibility index (Phi) is 4.53. The van der Waals surface area contributed by atoms with Gasteiger partial charge in [0.2, 0.25) is 0 Å². The molecule has 1 N–H and O–H groups in total. The third-order valence-corrected chi connectivity index (χ3v) is 2.37.